The molecule has 1 atom stereocenters. The zero-order valence-corrected chi connectivity index (χ0v) is 17.8. The van der Waals surface area contributed by atoms with Gasteiger partial charge in [-0.2, -0.15) is 4.31 Å². The van der Waals surface area contributed by atoms with Crippen molar-refractivity contribution in [2.75, 3.05) is 46.4 Å². The van der Waals surface area contributed by atoms with Crippen molar-refractivity contribution in [2.24, 2.45) is 0 Å². The molecule has 1 unspecified atom stereocenters. The topological polar surface area (TPSA) is 70.2 Å². The molecule has 2 fully saturated rings. The van der Waals surface area contributed by atoms with Crippen molar-refractivity contribution in [3.8, 4) is 0 Å². The Kier molecular flexibility index (Phi) is 6.75. The van der Waals surface area contributed by atoms with Gasteiger partial charge in [0.2, 0.25) is 10.0 Å². The molecule has 156 valence electrons. The molecule has 28 heavy (non-hydrogen) atoms. The molecule has 8 heteroatoms. The van der Waals surface area contributed by atoms with Crippen LogP contribution in [0, 0.1) is 0 Å². The lowest BCUT2D eigenvalue weighted by molar-refractivity contribution is 0.0432. The van der Waals surface area contributed by atoms with Gasteiger partial charge < -0.3 is 9.64 Å². The minimum absolute atomic E-state index is 0.0436. The van der Waals surface area contributed by atoms with E-state index in [1.807, 2.05) is 18.7 Å². The molecule has 0 radical (unpaired) electrons. The van der Waals surface area contributed by atoms with Crippen LogP contribution in [-0.2, 0) is 14.8 Å². The molecule has 0 N–H and O–H groups in total. The van der Waals surface area contributed by atoms with E-state index in [2.05, 4.69) is 4.90 Å². The highest BCUT2D eigenvalue weighted by molar-refractivity contribution is 7.89. The Balaban J connectivity index is 1.58. The second-order valence-electron chi connectivity index (χ2n) is 7.87. The van der Waals surface area contributed by atoms with E-state index in [9.17, 15) is 13.2 Å². The van der Waals surface area contributed by atoms with E-state index in [1.165, 1.54) is 16.4 Å². The first kappa shape index (κ1) is 21.2. The number of ether oxygens (including phenoxy) is 1. The van der Waals surface area contributed by atoms with E-state index in [0.29, 0.717) is 24.8 Å². The minimum atomic E-state index is -3.53. The highest BCUT2D eigenvalue weighted by atomic mass is 32.2. The third-order valence-corrected chi connectivity index (χ3v) is 7.70. The summed E-state index contributed by atoms with van der Waals surface area (Å²) in [5, 5.41) is 0. The van der Waals surface area contributed by atoms with Crippen LogP contribution in [0.4, 0.5) is 0 Å². The molecule has 2 aliphatic rings. The number of hydrogen-bond acceptors (Lipinski definition) is 5. The molecule has 1 aromatic carbocycles. The summed E-state index contributed by atoms with van der Waals surface area (Å²) < 4.78 is 32.1. The van der Waals surface area contributed by atoms with E-state index in [0.717, 1.165) is 39.1 Å². The zero-order chi connectivity index (χ0) is 20.3. The molecular formula is C20H31N3O4S. The first-order valence-corrected chi connectivity index (χ1v) is 11.4. The third kappa shape index (κ3) is 4.74. The molecule has 0 aromatic heterocycles. The molecule has 0 bridgehead atoms. The maximum atomic E-state index is 12.8. The van der Waals surface area contributed by atoms with Gasteiger partial charge >= 0.3 is 0 Å². The van der Waals surface area contributed by atoms with Gasteiger partial charge in [-0.05, 0) is 51.0 Å². The Morgan fingerprint density at radius 2 is 1.82 bits per heavy atom. The van der Waals surface area contributed by atoms with E-state index < -0.39 is 10.0 Å². The number of nitrogens with zero attached hydrogens (tertiary/aromatic N) is 3. The Bertz CT molecular complexity index is 765. The van der Waals surface area contributed by atoms with Crippen LogP contribution in [0.15, 0.2) is 29.2 Å². The van der Waals surface area contributed by atoms with E-state index in [1.54, 1.807) is 19.2 Å². The number of benzene rings is 1. The molecule has 7 nitrogen and oxygen atoms in total. The average molecular weight is 410 g/mol. The van der Waals surface area contributed by atoms with Crippen LogP contribution in [-0.4, -0.2) is 87.0 Å². The highest BCUT2D eigenvalue weighted by Gasteiger charge is 2.27. The molecule has 0 spiro atoms. The fraction of sp³-hybridized carbons (Fsp3) is 0.650. The Labute approximate surface area is 168 Å². The van der Waals surface area contributed by atoms with Crippen LogP contribution in [0.2, 0.25) is 0 Å². The standard InChI is InChI=1S/C20H31N3O4S/c1-16(2)21(3)28(25,26)19-8-6-17(7-9-19)20(24)23-12-10-22(11-13-23)15-18-5-4-14-27-18/h6-9,16,18H,4-5,10-15H2,1-3H3. The summed E-state index contributed by atoms with van der Waals surface area (Å²) in [6.07, 6.45) is 2.60. The first-order chi connectivity index (χ1) is 13.3. The molecule has 1 aromatic rings. The highest BCUT2D eigenvalue weighted by Crippen LogP contribution is 2.19. The Morgan fingerprint density at radius 1 is 1.18 bits per heavy atom. The van der Waals surface area contributed by atoms with Gasteiger partial charge in [0.25, 0.3) is 5.91 Å². The van der Waals surface area contributed by atoms with Gasteiger partial charge in [-0.15, -0.1) is 0 Å². The molecule has 0 aliphatic carbocycles. The monoisotopic (exact) mass is 409 g/mol. The van der Waals surface area contributed by atoms with Crippen LogP contribution >= 0.6 is 0 Å². The van der Waals surface area contributed by atoms with E-state index in [4.69, 9.17) is 4.74 Å². The fourth-order valence-electron chi connectivity index (χ4n) is 3.61. The lowest BCUT2D eigenvalue weighted by Crippen LogP contribution is -2.50. The van der Waals surface area contributed by atoms with Gasteiger partial charge in [0.1, 0.15) is 0 Å². The molecule has 0 saturated carbocycles. The number of amides is 1. The van der Waals surface area contributed by atoms with Crippen LogP contribution in [0.5, 0.6) is 0 Å². The Morgan fingerprint density at radius 3 is 2.36 bits per heavy atom. The van der Waals surface area contributed by atoms with Gasteiger partial charge in [-0.1, -0.05) is 0 Å². The molecule has 3 rings (SSSR count). The minimum Gasteiger partial charge on any atom is -0.377 e. The van der Waals surface area contributed by atoms with Crippen LogP contribution in [0.1, 0.15) is 37.0 Å². The smallest absolute Gasteiger partial charge is 0.253 e. The summed E-state index contributed by atoms with van der Waals surface area (Å²) in [5.74, 6) is -0.0436. The maximum Gasteiger partial charge on any atom is 0.253 e. The summed E-state index contributed by atoms with van der Waals surface area (Å²) in [6, 6.07) is 6.14. The van der Waals surface area contributed by atoms with Crippen molar-refractivity contribution in [1.82, 2.24) is 14.1 Å². The van der Waals surface area contributed by atoms with Gasteiger partial charge in [0.05, 0.1) is 11.0 Å². The van der Waals surface area contributed by atoms with Crippen LogP contribution < -0.4 is 0 Å². The first-order valence-electron chi connectivity index (χ1n) is 10.0. The number of piperazine rings is 1. The van der Waals surface area contributed by atoms with Crippen molar-refractivity contribution in [1.29, 1.82) is 0 Å². The second-order valence-corrected chi connectivity index (χ2v) is 9.86. The molecular weight excluding hydrogens is 378 g/mol. The van der Waals surface area contributed by atoms with Gasteiger partial charge in [-0.25, -0.2) is 8.42 Å². The van der Waals surface area contributed by atoms with E-state index >= 15 is 0 Å². The zero-order valence-electron chi connectivity index (χ0n) is 17.0. The molecule has 1 amide bonds. The summed E-state index contributed by atoms with van der Waals surface area (Å²) in [7, 11) is -1.97. The summed E-state index contributed by atoms with van der Waals surface area (Å²) in [5.41, 5.74) is 0.527. The third-order valence-electron chi connectivity index (χ3n) is 5.65. The SMILES string of the molecule is CC(C)N(C)S(=O)(=O)c1ccc(C(=O)N2CCN(CC3CCCO3)CC2)cc1. The lowest BCUT2D eigenvalue weighted by atomic mass is 10.1. The summed E-state index contributed by atoms with van der Waals surface area (Å²) in [4.78, 5) is 17.2. The van der Waals surface area contributed by atoms with Crippen molar-refractivity contribution in [2.45, 2.75) is 43.7 Å². The number of carbonyl (C=O) groups excluding carboxylic acids is 1. The second kappa shape index (κ2) is 8.90. The fourth-order valence-corrected chi connectivity index (χ4v) is 4.97. The number of hydrogen-bond donors (Lipinski definition) is 0. The quantitative estimate of drug-likeness (QED) is 0.715. The van der Waals surface area contributed by atoms with Crippen molar-refractivity contribution in [3.05, 3.63) is 29.8 Å². The predicted molar refractivity (Wildman–Crippen MR) is 108 cm³/mol. The normalized spacial score (nSPS) is 21.6. The lowest BCUT2D eigenvalue weighted by Gasteiger charge is -2.35. The molecule has 2 saturated heterocycles. The number of sulfonamides is 1. The largest absolute Gasteiger partial charge is 0.377 e. The van der Waals surface area contributed by atoms with Crippen molar-refractivity contribution < 1.29 is 17.9 Å². The van der Waals surface area contributed by atoms with Gasteiger partial charge in [-0.3, -0.25) is 9.69 Å². The summed E-state index contributed by atoms with van der Waals surface area (Å²) in [6.45, 7) is 8.51. The summed E-state index contributed by atoms with van der Waals surface area (Å²) >= 11 is 0. The predicted octanol–water partition coefficient (Wildman–Crippen LogP) is 1.65. The average Bonchev–Trinajstić information content (AvgIpc) is 3.20. The molecule has 2 heterocycles. The van der Waals surface area contributed by atoms with Gasteiger partial charge in [0.15, 0.2) is 0 Å². The van der Waals surface area contributed by atoms with Crippen molar-refractivity contribution in [3.63, 3.8) is 0 Å². The molecule has 2 aliphatic heterocycles. The van der Waals surface area contributed by atoms with Gasteiger partial charge in [0, 0.05) is 58.0 Å². The van der Waals surface area contributed by atoms with E-state index in [-0.39, 0.29) is 16.8 Å². The van der Waals surface area contributed by atoms with Crippen LogP contribution in [0.25, 0.3) is 0 Å². The van der Waals surface area contributed by atoms with Crippen molar-refractivity contribution >= 4 is 15.9 Å². The number of rotatable bonds is 6. The number of carbonyl (C=O) groups is 1. The van der Waals surface area contributed by atoms with Crippen LogP contribution in [0.3, 0.4) is 0 Å². The Hall–Kier alpha value is -1.48. The maximum absolute atomic E-state index is 12.8.